The smallest absolute Gasteiger partial charge is 0.407 e. The molecule has 1 amide bonds. The second-order valence-corrected chi connectivity index (χ2v) is 7.66. The number of carbonyl (C=O) groups is 1. The van der Waals surface area contributed by atoms with Gasteiger partial charge in [-0.1, -0.05) is 0 Å². The van der Waals surface area contributed by atoms with Gasteiger partial charge in [0.1, 0.15) is 5.60 Å². The number of hydrogen-bond donors (Lipinski definition) is 2. The Balaban J connectivity index is 4.10. The highest BCUT2D eigenvalue weighted by Crippen LogP contribution is 2.46. The van der Waals surface area contributed by atoms with E-state index in [0.29, 0.717) is 19.8 Å². The predicted molar refractivity (Wildman–Crippen MR) is 82.6 cm³/mol. The van der Waals surface area contributed by atoms with Crippen molar-refractivity contribution in [3.63, 3.8) is 0 Å². The van der Waals surface area contributed by atoms with Gasteiger partial charge in [-0.05, 0) is 41.5 Å². The number of nitrogens with one attached hydrogen (secondary N) is 2. The molecule has 0 aliphatic rings. The highest BCUT2D eigenvalue weighted by molar-refractivity contribution is 7.53. The SMILES string of the molecule is CCOP(=O)(CNC[C@H](C)NC(=O)OC(C)(C)C)OCC. The van der Waals surface area contributed by atoms with Crippen LogP contribution in [0.1, 0.15) is 41.5 Å². The van der Waals surface area contributed by atoms with Crippen molar-refractivity contribution >= 4 is 13.7 Å². The Morgan fingerprint density at radius 3 is 2.14 bits per heavy atom. The summed E-state index contributed by atoms with van der Waals surface area (Å²) in [5.41, 5.74) is -0.531. The van der Waals surface area contributed by atoms with Crippen LogP contribution in [-0.4, -0.2) is 43.8 Å². The van der Waals surface area contributed by atoms with Crippen molar-refractivity contribution < 1.29 is 23.1 Å². The molecular formula is C13H29N2O5P. The van der Waals surface area contributed by atoms with Crippen LogP contribution in [0.15, 0.2) is 0 Å². The summed E-state index contributed by atoms with van der Waals surface area (Å²) in [6.07, 6.45) is -0.371. The Morgan fingerprint density at radius 1 is 1.19 bits per heavy atom. The van der Waals surface area contributed by atoms with Crippen LogP contribution in [0, 0.1) is 0 Å². The van der Waals surface area contributed by atoms with Crippen LogP contribution in [0.5, 0.6) is 0 Å². The third-order valence-electron chi connectivity index (χ3n) is 2.17. The van der Waals surface area contributed by atoms with Crippen LogP contribution in [0.4, 0.5) is 4.79 Å². The quantitative estimate of drug-likeness (QED) is 0.634. The zero-order valence-electron chi connectivity index (χ0n) is 13.9. The Morgan fingerprint density at radius 2 is 1.71 bits per heavy atom. The first-order chi connectivity index (χ1) is 9.62. The average molecular weight is 324 g/mol. The maximum absolute atomic E-state index is 12.2. The van der Waals surface area contributed by atoms with Crippen LogP contribution in [0.25, 0.3) is 0 Å². The van der Waals surface area contributed by atoms with E-state index in [-0.39, 0.29) is 12.3 Å². The Bertz CT molecular complexity index is 347. The fourth-order valence-electron chi connectivity index (χ4n) is 1.50. The number of amides is 1. The van der Waals surface area contributed by atoms with E-state index in [0.717, 1.165) is 0 Å². The first-order valence-corrected chi connectivity index (χ1v) is 8.93. The lowest BCUT2D eigenvalue weighted by Crippen LogP contribution is -2.42. The fourth-order valence-corrected chi connectivity index (χ4v) is 2.95. The van der Waals surface area contributed by atoms with E-state index < -0.39 is 19.3 Å². The van der Waals surface area contributed by atoms with Gasteiger partial charge < -0.3 is 24.4 Å². The topological polar surface area (TPSA) is 85.9 Å². The standard InChI is InChI=1S/C13H29N2O5P/c1-7-18-21(17,19-8-2)10-14-9-11(3)15-12(16)20-13(4,5)6/h11,14H,7-10H2,1-6H3,(H,15,16)/t11-/m0/s1. The van der Waals surface area contributed by atoms with E-state index >= 15 is 0 Å². The van der Waals surface area contributed by atoms with Crippen LogP contribution in [0.2, 0.25) is 0 Å². The summed E-state index contributed by atoms with van der Waals surface area (Å²) < 4.78 is 27.7. The lowest BCUT2D eigenvalue weighted by molar-refractivity contribution is 0.0508. The molecule has 0 aromatic rings. The van der Waals surface area contributed by atoms with Crippen molar-refractivity contribution in [3.8, 4) is 0 Å². The summed E-state index contributed by atoms with van der Waals surface area (Å²) in [5.74, 6) is 0. The van der Waals surface area contributed by atoms with E-state index in [2.05, 4.69) is 10.6 Å². The van der Waals surface area contributed by atoms with Gasteiger partial charge >= 0.3 is 13.7 Å². The Labute approximate surface area is 127 Å². The first kappa shape index (κ1) is 20.4. The zero-order chi connectivity index (χ0) is 16.5. The first-order valence-electron chi connectivity index (χ1n) is 7.20. The second kappa shape index (κ2) is 9.41. The number of carbonyl (C=O) groups excluding carboxylic acids is 1. The largest absolute Gasteiger partial charge is 0.444 e. The van der Waals surface area contributed by atoms with Crippen molar-refractivity contribution in [1.29, 1.82) is 0 Å². The molecule has 0 spiro atoms. The van der Waals surface area contributed by atoms with Gasteiger partial charge in [-0.15, -0.1) is 0 Å². The van der Waals surface area contributed by atoms with Gasteiger partial charge in [0.05, 0.1) is 19.5 Å². The molecule has 0 unspecified atom stereocenters. The monoisotopic (exact) mass is 324 g/mol. The number of alkyl carbamates (subject to hydrolysis) is 1. The lowest BCUT2D eigenvalue weighted by atomic mass is 10.2. The van der Waals surface area contributed by atoms with Gasteiger partial charge in [0.25, 0.3) is 0 Å². The van der Waals surface area contributed by atoms with Gasteiger partial charge in [0.2, 0.25) is 0 Å². The molecule has 0 aromatic carbocycles. The van der Waals surface area contributed by atoms with E-state index in [1.165, 1.54) is 0 Å². The summed E-state index contributed by atoms with van der Waals surface area (Å²) in [6.45, 7) is 11.8. The minimum atomic E-state index is -3.10. The molecule has 0 saturated carbocycles. The third-order valence-corrected chi connectivity index (χ3v) is 4.08. The molecular weight excluding hydrogens is 295 g/mol. The third kappa shape index (κ3) is 10.7. The normalized spacial score (nSPS) is 13.8. The van der Waals surface area contributed by atoms with Crippen LogP contribution >= 0.6 is 7.60 Å². The molecule has 0 rings (SSSR count). The van der Waals surface area contributed by atoms with Crippen molar-refractivity contribution in [2.75, 3.05) is 26.0 Å². The van der Waals surface area contributed by atoms with Gasteiger partial charge in [0, 0.05) is 12.6 Å². The van der Waals surface area contributed by atoms with Crippen LogP contribution in [-0.2, 0) is 18.3 Å². The molecule has 0 heterocycles. The van der Waals surface area contributed by atoms with E-state index in [1.807, 2.05) is 6.92 Å². The van der Waals surface area contributed by atoms with E-state index in [4.69, 9.17) is 13.8 Å². The number of hydrogen-bond acceptors (Lipinski definition) is 6. The molecule has 21 heavy (non-hydrogen) atoms. The summed E-state index contributed by atoms with van der Waals surface area (Å²) in [5, 5.41) is 5.67. The average Bonchev–Trinajstić information content (AvgIpc) is 2.26. The molecule has 0 aromatic heterocycles. The maximum Gasteiger partial charge on any atom is 0.407 e. The Hall–Kier alpha value is -0.620. The fraction of sp³-hybridized carbons (Fsp3) is 0.923. The molecule has 0 radical (unpaired) electrons. The molecule has 2 N–H and O–H groups in total. The molecule has 8 heteroatoms. The minimum Gasteiger partial charge on any atom is -0.444 e. The predicted octanol–water partition coefficient (Wildman–Crippen LogP) is 2.71. The summed E-state index contributed by atoms with van der Waals surface area (Å²) in [6, 6.07) is -0.170. The summed E-state index contributed by atoms with van der Waals surface area (Å²) in [7, 11) is -3.10. The molecule has 0 fully saturated rings. The van der Waals surface area contributed by atoms with Crippen molar-refractivity contribution in [2.24, 2.45) is 0 Å². The number of ether oxygens (including phenoxy) is 1. The maximum atomic E-state index is 12.2. The number of rotatable bonds is 9. The highest BCUT2D eigenvalue weighted by atomic mass is 31.2. The highest BCUT2D eigenvalue weighted by Gasteiger charge is 2.23. The van der Waals surface area contributed by atoms with Crippen molar-refractivity contribution in [3.05, 3.63) is 0 Å². The molecule has 0 aliphatic carbocycles. The van der Waals surface area contributed by atoms with Crippen molar-refractivity contribution in [2.45, 2.75) is 53.2 Å². The van der Waals surface area contributed by atoms with Crippen molar-refractivity contribution in [1.82, 2.24) is 10.6 Å². The van der Waals surface area contributed by atoms with E-state index in [9.17, 15) is 9.36 Å². The molecule has 0 saturated heterocycles. The molecule has 0 bridgehead atoms. The van der Waals surface area contributed by atoms with Gasteiger partial charge in [-0.3, -0.25) is 4.57 Å². The Kier molecular flexibility index (Phi) is 9.13. The van der Waals surface area contributed by atoms with Crippen LogP contribution < -0.4 is 10.6 Å². The molecule has 0 aliphatic heterocycles. The van der Waals surface area contributed by atoms with Crippen LogP contribution in [0.3, 0.4) is 0 Å². The molecule has 126 valence electrons. The van der Waals surface area contributed by atoms with Gasteiger partial charge in [0.15, 0.2) is 0 Å². The van der Waals surface area contributed by atoms with Gasteiger partial charge in [-0.25, -0.2) is 4.79 Å². The van der Waals surface area contributed by atoms with Gasteiger partial charge in [-0.2, -0.15) is 0 Å². The summed E-state index contributed by atoms with van der Waals surface area (Å²) >= 11 is 0. The zero-order valence-corrected chi connectivity index (χ0v) is 14.8. The lowest BCUT2D eigenvalue weighted by Gasteiger charge is -2.22. The molecule has 7 nitrogen and oxygen atoms in total. The second-order valence-electron chi connectivity index (χ2n) is 5.61. The summed E-state index contributed by atoms with van der Waals surface area (Å²) in [4.78, 5) is 11.6. The minimum absolute atomic E-state index is 0.106. The van der Waals surface area contributed by atoms with E-state index in [1.54, 1.807) is 34.6 Å². The molecule has 1 atom stereocenters.